The first-order chi connectivity index (χ1) is 5.13. The van der Waals surface area contributed by atoms with Crippen LogP contribution in [0.25, 0.3) is 0 Å². The van der Waals surface area contributed by atoms with E-state index in [2.05, 4.69) is 5.32 Å². The summed E-state index contributed by atoms with van der Waals surface area (Å²) in [6, 6.07) is -0.190. The van der Waals surface area contributed by atoms with Gasteiger partial charge in [0.05, 0.1) is 12.8 Å². The van der Waals surface area contributed by atoms with E-state index in [1.807, 2.05) is 13.8 Å². The van der Waals surface area contributed by atoms with Crippen molar-refractivity contribution in [3.63, 3.8) is 0 Å². The molecule has 0 radical (unpaired) electrons. The number of ketones is 1. The van der Waals surface area contributed by atoms with Crippen LogP contribution in [-0.2, 0) is 4.79 Å². The van der Waals surface area contributed by atoms with Gasteiger partial charge < -0.3 is 5.11 Å². The van der Waals surface area contributed by atoms with E-state index in [0.717, 1.165) is 6.42 Å². The van der Waals surface area contributed by atoms with Crippen LogP contribution in [-0.4, -0.2) is 23.7 Å². The maximum absolute atomic E-state index is 11.0. The van der Waals surface area contributed by atoms with Gasteiger partial charge in [0.2, 0.25) is 0 Å². The molecular formula is C8H17NO2. The molecule has 1 unspecified atom stereocenters. The number of aliphatic hydroxyl groups is 1. The minimum atomic E-state index is -0.190. The average Bonchev–Trinajstić information content (AvgIpc) is 1.98. The molecule has 0 heterocycles. The molecule has 0 aliphatic rings. The van der Waals surface area contributed by atoms with Crippen LogP contribution in [0.15, 0.2) is 0 Å². The molecule has 0 fully saturated rings. The van der Waals surface area contributed by atoms with Gasteiger partial charge >= 0.3 is 0 Å². The van der Waals surface area contributed by atoms with E-state index < -0.39 is 0 Å². The Labute approximate surface area is 67.8 Å². The van der Waals surface area contributed by atoms with Gasteiger partial charge in [-0.1, -0.05) is 20.3 Å². The maximum Gasteiger partial charge on any atom is 0.147 e. The van der Waals surface area contributed by atoms with Crippen molar-refractivity contribution >= 4 is 5.78 Å². The van der Waals surface area contributed by atoms with Crippen LogP contribution < -0.4 is 5.32 Å². The fraction of sp³-hybridized carbons (Fsp3) is 0.875. The van der Waals surface area contributed by atoms with Crippen LogP contribution >= 0.6 is 0 Å². The number of Topliss-reactive ketones (excluding diaryl/α,β-unsaturated/α-hetero) is 1. The highest BCUT2D eigenvalue weighted by Crippen LogP contribution is 2.07. The highest BCUT2D eigenvalue weighted by molar-refractivity contribution is 5.81. The molecule has 0 spiro atoms. The Morgan fingerprint density at radius 3 is 2.45 bits per heavy atom. The molecule has 11 heavy (non-hydrogen) atoms. The first-order valence-electron chi connectivity index (χ1n) is 3.98. The molecule has 0 aliphatic heterocycles. The minimum Gasteiger partial charge on any atom is -0.381 e. The largest absolute Gasteiger partial charge is 0.381 e. The zero-order chi connectivity index (χ0) is 8.85. The lowest BCUT2D eigenvalue weighted by atomic mass is 9.96. The Morgan fingerprint density at radius 1 is 1.64 bits per heavy atom. The van der Waals surface area contributed by atoms with E-state index in [1.165, 1.54) is 0 Å². The van der Waals surface area contributed by atoms with Crippen LogP contribution in [0.1, 0.15) is 27.2 Å². The summed E-state index contributed by atoms with van der Waals surface area (Å²) >= 11 is 0. The number of rotatable bonds is 5. The second-order valence-electron chi connectivity index (χ2n) is 2.84. The zero-order valence-electron chi connectivity index (χ0n) is 7.42. The summed E-state index contributed by atoms with van der Waals surface area (Å²) in [6.45, 7) is 5.43. The van der Waals surface area contributed by atoms with Crippen molar-refractivity contribution in [2.24, 2.45) is 5.92 Å². The first-order valence-corrected chi connectivity index (χ1v) is 3.98. The van der Waals surface area contributed by atoms with E-state index in [-0.39, 0.29) is 18.6 Å². The second-order valence-corrected chi connectivity index (χ2v) is 2.84. The van der Waals surface area contributed by atoms with Gasteiger partial charge in [0.15, 0.2) is 0 Å². The molecule has 0 bridgehead atoms. The summed E-state index contributed by atoms with van der Waals surface area (Å²) in [5, 5.41) is 11.3. The summed E-state index contributed by atoms with van der Waals surface area (Å²) in [5.74, 6) is 0.382. The standard InChI is InChI=1S/C8H17NO2/c1-4-6(2)8(7(3)11)9-5-10/h6,8-10H,4-5H2,1-3H3/t6-,8?/m0/s1. The fourth-order valence-corrected chi connectivity index (χ4v) is 1.08. The van der Waals surface area contributed by atoms with Crippen molar-refractivity contribution < 1.29 is 9.90 Å². The Hall–Kier alpha value is -0.410. The summed E-state index contributed by atoms with van der Waals surface area (Å²) in [7, 11) is 0. The molecule has 0 saturated heterocycles. The second kappa shape index (κ2) is 5.27. The molecule has 0 aliphatic carbocycles. The van der Waals surface area contributed by atoms with Gasteiger partial charge in [-0.3, -0.25) is 10.1 Å². The van der Waals surface area contributed by atoms with Crippen LogP contribution in [0.3, 0.4) is 0 Å². The zero-order valence-corrected chi connectivity index (χ0v) is 7.42. The van der Waals surface area contributed by atoms with Crippen LogP contribution in [0.5, 0.6) is 0 Å². The number of carbonyl (C=O) groups excluding carboxylic acids is 1. The molecule has 3 nitrogen and oxygen atoms in total. The highest BCUT2D eigenvalue weighted by Gasteiger charge is 2.18. The van der Waals surface area contributed by atoms with Crippen molar-refractivity contribution in [2.45, 2.75) is 33.2 Å². The molecule has 0 aromatic heterocycles. The molecule has 0 aromatic carbocycles. The molecule has 2 atom stereocenters. The normalized spacial score (nSPS) is 16.0. The van der Waals surface area contributed by atoms with Crippen molar-refractivity contribution in [3.05, 3.63) is 0 Å². The molecule has 0 amide bonds. The Balaban J connectivity index is 3.97. The molecule has 0 rings (SSSR count). The summed E-state index contributed by atoms with van der Waals surface area (Å²) < 4.78 is 0. The third-order valence-corrected chi connectivity index (χ3v) is 1.96. The quantitative estimate of drug-likeness (QED) is 0.575. The van der Waals surface area contributed by atoms with Gasteiger partial charge in [-0.2, -0.15) is 0 Å². The maximum atomic E-state index is 11.0. The first kappa shape index (κ1) is 10.6. The molecule has 2 N–H and O–H groups in total. The third-order valence-electron chi connectivity index (χ3n) is 1.96. The molecule has 66 valence electrons. The SMILES string of the molecule is CC[C@H](C)C(NCO)C(C)=O. The number of aliphatic hydroxyl groups excluding tert-OH is 1. The van der Waals surface area contributed by atoms with Crippen LogP contribution in [0.2, 0.25) is 0 Å². The number of nitrogens with one attached hydrogen (secondary N) is 1. The van der Waals surface area contributed by atoms with E-state index in [1.54, 1.807) is 6.92 Å². The van der Waals surface area contributed by atoms with E-state index >= 15 is 0 Å². The van der Waals surface area contributed by atoms with Crippen molar-refractivity contribution in [1.29, 1.82) is 0 Å². The smallest absolute Gasteiger partial charge is 0.147 e. The predicted molar refractivity (Wildman–Crippen MR) is 44.1 cm³/mol. The van der Waals surface area contributed by atoms with E-state index in [4.69, 9.17) is 5.11 Å². The Morgan fingerprint density at radius 2 is 2.18 bits per heavy atom. The fourth-order valence-electron chi connectivity index (χ4n) is 1.08. The van der Waals surface area contributed by atoms with E-state index in [9.17, 15) is 4.79 Å². The van der Waals surface area contributed by atoms with E-state index in [0.29, 0.717) is 5.92 Å². The topological polar surface area (TPSA) is 49.3 Å². The van der Waals surface area contributed by atoms with Crippen LogP contribution in [0.4, 0.5) is 0 Å². The molecular weight excluding hydrogens is 142 g/mol. The number of hydrogen-bond acceptors (Lipinski definition) is 3. The summed E-state index contributed by atoms with van der Waals surface area (Å²) in [5.41, 5.74) is 0. The van der Waals surface area contributed by atoms with Gasteiger partial charge in [0, 0.05) is 0 Å². The third kappa shape index (κ3) is 3.49. The Bertz CT molecular complexity index is 125. The lowest BCUT2D eigenvalue weighted by Gasteiger charge is -2.19. The van der Waals surface area contributed by atoms with Crippen molar-refractivity contribution in [2.75, 3.05) is 6.73 Å². The highest BCUT2D eigenvalue weighted by atomic mass is 16.3. The average molecular weight is 159 g/mol. The lowest BCUT2D eigenvalue weighted by molar-refractivity contribution is -0.120. The van der Waals surface area contributed by atoms with Crippen molar-refractivity contribution in [1.82, 2.24) is 5.32 Å². The van der Waals surface area contributed by atoms with Gasteiger partial charge in [-0.05, 0) is 12.8 Å². The van der Waals surface area contributed by atoms with Crippen molar-refractivity contribution in [3.8, 4) is 0 Å². The monoisotopic (exact) mass is 159 g/mol. The number of carbonyl (C=O) groups is 1. The Kier molecular flexibility index (Phi) is 5.07. The molecule has 0 saturated carbocycles. The minimum absolute atomic E-state index is 0.0911. The number of hydrogen-bond donors (Lipinski definition) is 2. The summed E-state index contributed by atoms with van der Waals surface area (Å²) in [4.78, 5) is 11.0. The molecule has 3 heteroatoms. The lowest BCUT2D eigenvalue weighted by Crippen LogP contribution is -2.40. The van der Waals surface area contributed by atoms with Gasteiger partial charge in [0.25, 0.3) is 0 Å². The van der Waals surface area contributed by atoms with Crippen LogP contribution in [0, 0.1) is 5.92 Å². The van der Waals surface area contributed by atoms with Gasteiger partial charge in [-0.25, -0.2) is 0 Å². The molecule has 0 aromatic rings. The predicted octanol–water partition coefficient (Wildman–Crippen LogP) is 0.529. The van der Waals surface area contributed by atoms with Gasteiger partial charge in [-0.15, -0.1) is 0 Å². The van der Waals surface area contributed by atoms with Gasteiger partial charge in [0.1, 0.15) is 5.78 Å². The summed E-state index contributed by atoms with van der Waals surface area (Å²) in [6.07, 6.45) is 0.942.